The highest BCUT2D eigenvalue weighted by molar-refractivity contribution is 8.03. The first kappa shape index (κ1) is 32.9. The number of thioether (sulfide) groups is 1. The number of benzene rings is 2. The molecule has 2 aliphatic rings. The third-order valence-electron chi connectivity index (χ3n) is 6.89. The molecule has 2 aromatic carbocycles. The molecule has 3 N–H and O–H groups in total. The van der Waals surface area contributed by atoms with Crippen LogP contribution in [0.25, 0.3) is 10.8 Å². The smallest absolute Gasteiger partial charge is 0.303 e. The Balaban J connectivity index is 1.82. The zero-order valence-electron chi connectivity index (χ0n) is 24.8. The minimum Gasteiger partial charge on any atom is -0.463 e. The number of nitrogens with one attached hydrogen (secondary N) is 1. The first-order valence-corrected chi connectivity index (χ1v) is 14.6. The van der Waals surface area contributed by atoms with Crippen LogP contribution in [0.2, 0.25) is 0 Å². The van der Waals surface area contributed by atoms with Gasteiger partial charge in [-0.1, -0.05) is 54.2 Å². The summed E-state index contributed by atoms with van der Waals surface area (Å²) in [7, 11) is 0. The lowest BCUT2D eigenvalue weighted by Gasteiger charge is -2.44. The van der Waals surface area contributed by atoms with Gasteiger partial charge >= 0.3 is 23.9 Å². The predicted octanol–water partition coefficient (Wildman–Crippen LogP) is 2.77. The third kappa shape index (κ3) is 7.55. The fraction of sp³-hybridized carbons (Fsp3) is 0.355. The van der Waals surface area contributed by atoms with Crippen molar-refractivity contribution in [1.29, 1.82) is 10.5 Å². The van der Waals surface area contributed by atoms with Gasteiger partial charge in [0.25, 0.3) is 0 Å². The molecular weight excluding hydrogens is 604 g/mol. The zero-order chi connectivity index (χ0) is 32.8. The first-order valence-electron chi connectivity index (χ1n) is 13.7. The number of hydrogen-bond donors (Lipinski definition) is 2. The molecule has 0 radical (unpaired) electrons. The number of ether oxygens (including phenoxy) is 5. The van der Waals surface area contributed by atoms with E-state index in [1.54, 1.807) is 6.07 Å². The van der Waals surface area contributed by atoms with Gasteiger partial charge in [-0.15, -0.1) is 0 Å². The van der Waals surface area contributed by atoms with Crippen LogP contribution in [0.3, 0.4) is 0 Å². The molecule has 0 saturated carbocycles. The number of dihydropyridines is 1. The molecule has 13 nitrogen and oxygen atoms in total. The van der Waals surface area contributed by atoms with Crippen molar-refractivity contribution in [3.8, 4) is 12.1 Å². The normalized spacial score (nSPS) is 24.5. The molecule has 6 atom stereocenters. The highest BCUT2D eigenvalue weighted by atomic mass is 32.2. The molecule has 4 rings (SSSR count). The average molecular weight is 635 g/mol. The van der Waals surface area contributed by atoms with Crippen molar-refractivity contribution >= 4 is 46.4 Å². The number of nitriles is 2. The number of esters is 4. The quantitative estimate of drug-likeness (QED) is 0.317. The van der Waals surface area contributed by atoms with E-state index in [2.05, 4.69) is 17.5 Å². The van der Waals surface area contributed by atoms with Gasteiger partial charge in [0.1, 0.15) is 18.5 Å². The van der Waals surface area contributed by atoms with E-state index in [4.69, 9.17) is 29.4 Å². The Labute approximate surface area is 262 Å². The van der Waals surface area contributed by atoms with Crippen LogP contribution in [0, 0.1) is 22.7 Å². The van der Waals surface area contributed by atoms with E-state index in [9.17, 15) is 29.7 Å². The number of allylic oxidation sites excluding steroid dienone is 2. The van der Waals surface area contributed by atoms with Crippen LogP contribution < -0.4 is 11.1 Å². The molecule has 2 aliphatic heterocycles. The van der Waals surface area contributed by atoms with Crippen molar-refractivity contribution < 1.29 is 42.9 Å². The van der Waals surface area contributed by atoms with Crippen LogP contribution in [-0.4, -0.2) is 60.3 Å². The SMILES string of the molecule is CC(=O)OC[C@H]1O[C@@H](SC2=C(C#N)C(c3ccc4ccccc4c3)C(C#N)=C(N)N2)[C@H](OC(C)=O)[C@@H](OC(C)=O)[C@@H]1OC(C)=O. The van der Waals surface area contributed by atoms with E-state index in [0.717, 1.165) is 43.3 Å². The van der Waals surface area contributed by atoms with Crippen molar-refractivity contribution in [3.63, 3.8) is 0 Å². The fourth-order valence-electron chi connectivity index (χ4n) is 5.14. The van der Waals surface area contributed by atoms with Crippen LogP contribution >= 0.6 is 11.8 Å². The van der Waals surface area contributed by atoms with Gasteiger partial charge in [0, 0.05) is 27.7 Å². The number of hydrogen-bond acceptors (Lipinski definition) is 14. The van der Waals surface area contributed by atoms with Crippen molar-refractivity contribution in [2.24, 2.45) is 5.73 Å². The van der Waals surface area contributed by atoms with Gasteiger partial charge in [-0.3, -0.25) is 19.2 Å². The highest BCUT2D eigenvalue weighted by Gasteiger charge is 2.53. The summed E-state index contributed by atoms with van der Waals surface area (Å²) in [6.45, 7) is 4.14. The van der Waals surface area contributed by atoms with Gasteiger partial charge in [0.05, 0.1) is 34.2 Å². The van der Waals surface area contributed by atoms with Crippen molar-refractivity contribution in [2.45, 2.75) is 63.5 Å². The van der Waals surface area contributed by atoms with Crippen LogP contribution in [0.15, 0.2) is 64.5 Å². The van der Waals surface area contributed by atoms with Crippen molar-refractivity contribution in [2.75, 3.05) is 6.61 Å². The van der Waals surface area contributed by atoms with Gasteiger partial charge in [0.2, 0.25) is 0 Å². The molecule has 0 amide bonds. The largest absolute Gasteiger partial charge is 0.463 e. The average Bonchev–Trinajstić information content (AvgIpc) is 2.97. The first-order chi connectivity index (χ1) is 21.4. The van der Waals surface area contributed by atoms with Gasteiger partial charge < -0.3 is 34.7 Å². The summed E-state index contributed by atoms with van der Waals surface area (Å²) in [4.78, 5) is 48.2. The number of carbonyl (C=O) groups excluding carboxylic acids is 4. The van der Waals surface area contributed by atoms with Crippen LogP contribution in [0.1, 0.15) is 39.2 Å². The van der Waals surface area contributed by atoms with Gasteiger partial charge in [-0.05, 0) is 16.3 Å². The number of rotatable bonds is 8. The molecule has 14 heteroatoms. The summed E-state index contributed by atoms with van der Waals surface area (Å²) in [6.07, 6.45) is -5.28. The van der Waals surface area contributed by atoms with Crippen LogP contribution in [-0.2, 0) is 42.9 Å². The third-order valence-corrected chi connectivity index (χ3v) is 8.06. The Hall–Kier alpha value is -5.05. The lowest BCUT2D eigenvalue weighted by atomic mass is 9.83. The topological polar surface area (TPSA) is 200 Å². The second-order valence-electron chi connectivity index (χ2n) is 10.1. The number of nitrogens with zero attached hydrogens (tertiary/aromatic N) is 2. The molecule has 2 heterocycles. The molecule has 0 aromatic heterocycles. The molecule has 0 spiro atoms. The number of fused-ring (bicyclic) bond motifs is 1. The Bertz CT molecular complexity index is 1670. The molecule has 1 unspecified atom stereocenters. The molecule has 0 bridgehead atoms. The fourth-order valence-corrected chi connectivity index (χ4v) is 6.38. The zero-order valence-corrected chi connectivity index (χ0v) is 25.6. The number of carbonyl (C=O) groups is 4. The second kappa shape index (κ2) is 14.2. The summed E-state index contributed by atoms with van der Waals surface area (Å²) in [5.74, 6) is -3.83. The molecule has 45 heavy (non-hydrogen) atoms. The summed E-state index contributed by atoms with van der Waals surface area (Å²) in [6, 6.07) is 17.4. The molecule has 1 saturated heterocycles. The maximum absolute atomic E-state index is 12.3. The Morgan fingerprint density at radius 1 is 0.844 bits per heavy atom. The standard InChI is InChI=1S/C31H30N4O9S/c1-15(36)40-14-24-26(41-16(2)37)27(42-17(3)38)28(43-18(4)39)31(44-24)45-30-23(13-33)25(22(12-32)29(34)35-30)21-10-9-19-7-5-6-8-20(19)11-21/h5-11,24-28,31,35H,14,34H2,1-4H3/t24-,25?,26-,27+,28-,31+/m1/s1. The van der Waals surface area contributed by atoms with E-state index in [-0.39, 0.29) is 22.0 Å². The Morgan fingerprint density at radius 2 is 1.44 bits per heavy atom. The number of nitrogens with two attached hydrogens (primary N) is 1. The van der Waals surface area contributed by atoms with Crippen molar-refractivity contribution in [1.82, 2.24) is 5.32 Å². The van der Waals surface area contributed by atoms with Crippen LogP contribution in [0.5, 0.6) is 0 Å². The van der Waals surface area contributed by atoms with Crippen molar-refractivity contribution in [3.05, 3.63) is 70.0 Å². The predicted molar refractivity (Wildman–Crippen MR) is 159 cm³/mol. The van der Waals surface area contributed by atoms with Gasteiger partial charge in [0.15, 0.2) is 23.7 Å². The van der Waals surface area contributed by atoms with Crippen LogP contribution in [0.4, 0.5) is 0 Å². The molecule has 1 fully saturated rings. The maximum atomic E-state index is 12.3. The Morgan fingerprint density at radius 3 is 2.04 bits per heavy atom. The lowest BCUT2D eigenvalue weighted by Crippen LogP contribution is -2.61. The van der Waals surface area contributed by atoms with E-state index >= 15 is 0 Å². The van der Waals surface area contributed by atoms with Gasteiger partial charge in [-0.25, -0.2) is 0 Å². The van der Waals surface area contributed by atoms with Gasteiger partial charge in [-0.2, -0.15) is 10.5 Å². The molecule has 2 aromatic rings. The lowest BCUT2D eigenvalue weighted by molar-refractivity contribution is -0.237. The molecular formula is C31H30N4O9S. The van der Waals surface area contributed by atoms with E-state index in [1.807, 2.05) is 36.4 Å². The summed E-state index contributed by atoms with van der Waals surface area (Å²) < 4.78 is 27.8. The van der Waals surface area contributed by atoms with E-state index < -0.39 is 66.3 Å². The summed E-state index contributed by atoms with van der Waals surface area (Å²) in [5, 5.41) is 25.4. The van der Waals surface area contributed by atoms with E-state index in [1.165, 1.54) is 6.92 Å². The monoisotopic (exact) mass is 634 g/mol. The van der Waals surface area contributed by atoms with E-state index in [0.29, 0.717) is 5.56 Å². The second-order valence-corrected chi connectivity index (χ2v) is 11.3. The summed E-state index contributed by atoms with van der Waals surface area (Å²) in [5.41, 5.74) is 5.97. The summed E-state index contributed by atoms with van der Waals surface area (Å²) >= 11 is 0.883. The molecule has 234 valence electrons. The highest BCUT2D eigenvalue weighted by Crippen LogP contribution is 2.44. The maximum Gasteiger partial charge on any atom is 0.303 e. The minimum atomic E-state index is -1.39. The Kier molecular flexibility index (Phi) is 10.3. The molecule has 0 aliphatic carbocycles. The minimum absolute atomic E-state index is 0.0113.